The Hall–Kier alpha value is -3.77. The van der Waals surface area contributed by atoms with Crippen molar-refractivity contribution in [1.29, 1.82) is 0 Å². The molecule has 3 aromatic rings. The summed E-state index contributed by atoms with van der Waals surface area (Å²) in [6.45, 7) is 2.01. The first-order valence-corrected chi connectivity index (χ1v) is 16.1. The molecule has 1 unspecified atom stereocenters. The number of nitrogens with one attached hydrogen (secondary N) is 2. The predicted octanol–water partition coefficient (Wildman–Crippen LogP) is 8.03. The summed E-state index contributed by atoms with van der Waals surface area (Å²) in [6, 6.07) is 21.1. The van der Waals surface area contributed by atoms with Crippen LogP contribution in [0.25, 0.3) is 6.08 Å². The highest BCUT2D eigenvalue weighted by Crippen LogP contribution is 2.34. The van der Waals surface area contributed by atoms with Gasteiger partial charge < -0.3 is 10.1 Å². The van der Waals surface area contributed by atoms with E-state index in [4.69, 9.17) is 4.74 Å². The van der Waals surface area contributed by atoms with Crippen LogP contribution in [-0.4, -0.2) is 25.0 Å². The van der Waals surface area contributed by atoms with E-state index in [-0.39, 0.29) is 22.9 Å². The Balaban J connectivity index is 1.17. The second-order valence-corrected chi connectivity index (χ2v) is 13.1. The number of carbonyl (C=O) groups is 1. The smallest absolute Gasteiger partial charge is 0.486 e. The molecule has 226 valence electrons. The summed E-state index contributed by atoms with van der Waals surface area (Å²) in [5.74, 6) is 1.02. The molecular weight excluding hydrogens is 599 g/mol. The van der Waals surface area contributed by atoms with Crippen LogP contribution in [0.4, 0.5) is 24.5 Å². The molecule has 2 N–H and O–H groups in total. The number of sulfonamides is 1. The van der Waals surface area contributed by atoms with Crippen LogP contribution in [-0.2, 0) is 14.8 Å². The maximum atomic E-state index is 12.6. The molecule has 2 fully saturated rings. The highest BCUT2D eigenvalue weighted by Gasteiger charge is 2.46. The monoisotopic (exact) mass is 629 g/mol. The molecule has 0 radical (unpaired) electrons. The molecule has 43 heavy (non-hydrogen) atoms. The van der Waals surface area contributed by atoms with Crippen molar-refractivity contribution in [3.63, 3.8) is 0 Å². The van der Waals surface area contributed by atoms with Gasteiger partial charge in [0.1, 0.15) is 11.9 Å². The average Bonchev–Trinajstić information content (AvgIpc) is 3.32. The first-order valence-electron chi connectivity index (χ1n) is 13.8. The van der Waals surface area contributed by atoms with E-state index < -0.39 is 15.5 Å². The van der Waals surface area contributed by atoms with Gasteiger partial charge in [-0.3, -0.25) is 9.52 Å². The van der Waals surface area contributed by atoms with E-state index in [0.29, 0.717) is 22.3 Å². The lowest BCUT2D eigenvalue weighted by molar-refractivity contribution is -0.115. The van der Waals surface area contributed by atoms with Crippen molar-refractivity contribution in [1.82, 2.24) is 5.32 Å². The summed E-state index contributed by atoms with van der Waals surface area (Å²) in [5, 5.41) is 2.93. The van der Waals surface area contributed by atoms with E-state index in [9.17, 15) is 26.4 Å². The number of carbonyl (C=O) groups excluding carboxylic acids is 1. The number of amides is 1. The molecule has 3 aromatic carbocycles. The number of hydrogen-bond acceptors (Lipinski definition) is 6. The number of nitrogens with zero attached hydrogens (tertiary/aromatic N) is 1. The van der Waals surface area contributed by atoms with E-state index >= 15 is 0 Å². The number of thioether (sulfide) groups is 1. The lowest BCUT2D eigenvalue weighted by Gasteiger charge is -2.22. The Bertz CT molecular complexity index is 1610. The van der Waals surface area contributed by atoms with Gasteiger partial charge in [-0.15, -0.1) is 0 Å². The second-order valence-electron chi connectivity index (χ2n) is 10.4. The SMILES string of the molecule is CC(Oc1ccc(/C=C2\SC(=Nc3ccc(NS(=O)(=O)C(F)(F)F)cc3)NC2=O)cc1)c1ccc(C2CCCCC2)cc1. The lowest BCUT2D eigenvalue weighted by atomic mass is 9.84. The molecule has 1 saturated heterocycles. The van der Waals surface area contributed by atoms with Crippen molar-refractivity contribution in [3.05, 3.63) is 94.4 Å². The number of anilines is 1. The van der Waals surface area contributed by atoms with Gasteiger partial charge in [-0.2, -0.15) is 21.6 Å². The van der Waals surface area contributed by atoms with E-state index in [1.807, 2.05) is 31.2 Å². The Labute approximate surface area is 252 Å². The highest BCUT2D eigenvalue weighted by molar-refractivity contribution is 8.18. The van der Waals surface area contributed by atoms with Crippen LogP contribution >= 0.6 is 11.8 Å². The van der Waals surface area contributed by atoms with Gasteiger partial charge in [0.05, 0.1) is 10.6 Å². The van der Waals surface area contributed by atoms with Crippen molar-refractivity contribution in [2.24, 2.45) is 4.99 Å². The zero-order chi connectivity index (χ0) is 30.6. The third-order valence-electron chi connectivity index (χ3n) is 7.28. The maximum Gasteiger partial charge on any atom is 0.516 e. The summed E-state index contributed by atoms with van der Waals surface area (Å²) < 4.78 is 67.8. The third kappa shape index (κ3) is 7.80. The number of aliphatic imine (C=N–C) groups is 1. The number of hydrogen-bond donors (Lipinski definition) is 2. The fraction of sp³-hybridized carbons (Fsp3) is 0.290. The van der Waals surface area contributed by atoms with Crippen LogP contribution in [0.5, 0.6) is 5.75 Å². The van der Waals surface area contributed by atoms with Crippen molar-refractivity contribution < 1.29 is 31.1 Å². The predicted molar refractivity (Wildman–Crippen MR) is 164 cm³/mol. The fourth-order valence-corrected chi connectivity index (χ4v) is 6.36. The number of benzene rings is 3. The van der Waals surface area contributed by atoms with Crippen LogP contribution < -0.4 is 14.8 Å². The standard InChI is InChI=1S/C31H30F3N3O4S2/c1-20(22-9-11-24(12-10-22)23-5-3-2-4-6-23)41-27-17-7-21(8-18-27)19-28-29(38)36-30(42-28)35-25-13-15-26(16-14-25)37-43(39,40)31(32,33)34/h7-20,23,37H,2-6H2,1H3,(H,35,36,38)/b28-19-. The summed E-state index contributed by atoms with van der Waals surface area (Å²) in [5.41, 5.74) is -2.07. The molecule has 1 saturated carbocycles. The molecule has 12 heteroatoms. The van der Waals surface area contributed by atoms with E-state index in [2.05, 4.69) is 34.6 Å². The number of halogens is 3. The topological polar surface area (TPSA) is 96.9 Å². The quantitative estimate of drug-likeness (QED) is 0.246. The van der Waals surface area contributed by atoms with Gasteiger partial charge in [-0.1, -0.05) is 55.7 Å². The van der Waals surface area contributed by atoms with Crippen LogP contribution in [0.15, 0.2) is 82.7 Å². The zero-order valence-corrected chi connectivity index (χ0v) is 24.9. The minimum atomic E-state index is -5.52. The molecule has 7 nitrogen and oxygen atoms in total. The van der Waals surface area contributed by atoms with Gasteiger partial charge in [-0.25, -0.2) is 4.99 Å². The van der Waals surface area contributed by atoms with Gasteiger partial charge >= 0.3 is 15.5 Å². The fourth-order valence-electron chi connectivity index (χ4n) is 4.96. The summed E-state index contributed by atoms with van der Waals surface area (Å²) in [6.07, 6.45) is 8.07. The van der Waals surface area contributed by atoms with Crippen molar-refractivity contribution in [3.8, 4) is 5.75 Å². The molecule has 1 aliphatic heterocycles. The summed E-state index contributed by atoms with van der Waals surface area (Å²) >= 11 is 1.11. The molecule has 1 amide bonds. The zero-order valence-electron chi connectivity index (χ0n) is 23.2. The lowest BCUT2D eigenvalue weighted by Crippen LogP contribution is -2.29. The first-order chi connectivity index (χ1) is 20.5. The molecular formula is C31H30F3N3O4S2. The molecule has 1 heterocycles. The van der Waals surface area contributed by atoms with Crippen molar-refractivity contribution in [2.45, 2.75) is 56.6 Å². The van der Waals surface area contributed by atoms with Crippen molar-refractivity contribution >= 4 is 50.3 Å². The molecule has 5 rings (SSSR count). The van der Waals surface area contributed by atoms with Gasteiger partial charge in [0.25, 0.3) is 5.91 Å². The van der Waals surface area contributed by atoms with Crippen LogP contribution in [0, 0.1) is 0 Å². The average molecular weight is 630 g/mol. The number of ether oxygens (including phenoxy) is 1. The minimum absolute atomic E-state index is 0.126. The largest absolute Gasteiger partial charge is 0.516 e. The molecule has 0 spiro atoms. The Morgan fingerprint density at radius 1 is 0.977 bits per heavy atom. The van der Waals surface area contributed by atoms with Crippen LogP contribution in [0.3, 0.4) is 0 Å². The van der Waals surface area contributed by atoms with Crippen LogP contribution in [0.1, 0.15) is 67.7 Å². The minimum Gasteiger partial charge on any atom is -0.486 e. The number of amidine groups is 1. The Kier molecular flexibility index (Phi) is 9.16. The summed E-state index contributed by atoms with van der Waals surface area (Å²) in [7, 11) is -5.52. The molecule has 0 aromatic heterocycles. The Morgan fingerprint density at radius 2 is 1.63 bits per heavy atom. The third-order valence-corrected chi connectivity index (χ3v) is 9.30. The molecule has 0 bridgehead atoms. The second kappa shape index (κ2) is 12.8. The van der Waals surface area contributed by atoms with Gasteiger partial charge in [0.2, 0.25) is 0 Å². The van der Waals surface area contributed by atoms with Gasteiger partial charge in [0, 0.05) is 5.69 Å². The van der Waals surface area contributed by atoms with E-state index in [1.54, 1.807) is 6.08 Å². The van der Waals surface area contributed by atoms with E-state index in [1.165, 1.54) is 54.5 Å². The summed E-state index contributed by atoms with van der Waals surface area (Å²) in [4.78, 5) is 17.2. The van der Waals surface area contributed by atoms with Crippen LogP contribution in [0.2, 0.25) is 0 Å². The van der Waals surface area contributed by atoms with Crippen molar-refractivity contribution in [2.75, 3.05) is 4.72 Å². The maximum absolute atomic E-state index is 12.6. The first kappa shape index (κ1) is 30.7. The highest BCUT2D eigenvalue weighted by atomic mass is 32.2. The molecule has 2 aliphatic rings. The van der Waals surface area contributed by atoms with Gasteiger partial charge in [-0.05, 0) is 96.6 Å². The number of rotatable bonds is 8. The Morgan fingerprint density at radius 3 is 2.26 bits per heavy atom. The van der Waals surface area contributed by atoms with E-state index in [0.717, 1.165) is 35.0 Å². The number of alkyl halides is 3. The molecule has 1 aliphatic carbocycles. The molecule has 1 atom stereocenters. The van der Waals surface area contributed by atoms with Gasteiger partial charge in [0.15, 0.2) is 5.17 Å². The normalized spacial score (nSPS) is 18.9.